The number of aromatic nitrogens is 5. The molecule has 0 unspecified atom stereocenters. The van der Waals surface area contributed by atoms with E-state index in [0.29, 0.717) is 33.3 Å². The summed E-state index contributed by atoms with van der Waals surface area (Å²) in [5.74, 6) is -0.821. The Balaban J connectivity index is 1.39. The maximum Gasteiger partial charge on any atom is 0.354 e. The molecule has 9 nitrogen and oxygen atoms in total. The van der Waals surface area contributed by atoms with Gasteiger partial charge in [0.25, 0.3) is 5.91 Å². The number of nitrogens with one attached hydrogen (secondary N) is 2. The van der Waals surface area contributed by atoms with E-state index in [1.807, 2.05) is 36.4 Å². The molecule has 0 aliphatic rings. The molecule has 4 aromatic heterocycles. The van der Waals surface area contributed by atoms with Crippen LogP contribution in [-0.2, 0) is 4.74 Å². The first-order valence-corrected chi connectivity index (χ1v) is 10.4. The minimum atomic E-state index is -0.463. The predicted octanol–water partition coefficient (Wildman–Crippen LogP) is 3.89. The van der Waals surface area contributed by atoms with Crippen molar-refractivity contribution < 1.29 is 14.3 Å². The lowest BCUT2D eigenvalue weighted by molar-refractivity contribution is 0.0594. The normalized spacial score (nSPS) is 10.9. The Morgan fingerprint density at radius 3 is 2.81 bits per heavy atom. The molecular formula is C22H16N6O3S. The number of fused-ring (bicyclic) bond motifs is 1. The van der Waals surface area contributed by atoms with Gasteiger partial charge in [0.2, 0.25) is 0 Å². The molecule has 0 radical (unpaired) electrons. The van der Waals surface area contributed by atoms with Crippen LogP contribution >= 0.6 is 11.3 Å². The fraction of sp³-hybridized carbons (Fsp3) is 0.0455. The summed E-state index contributed by atoms with van der Waals surface area (Å²) in [5, 5.41) is 9.38. The van der Waals surface area contributed by atoms with Crippen LogP contribution in [0.1, 0.15) is 20.8 Å². The average molecular weight is 444 g/mol. The summed E-state index contributed by atoms with van der Waals surface area (Å²) < 4.78 is 6.34. The summed E-state index contributed by atoms with van der Waals surface area (Å²) in [6.45, 7) is 0. The van der Waals surface area contributed by atoms with E-state index >= 15 is 0 Å². The Labute approximate surface area is 185 Å². The maximum atomic E-state index is 12.9. The molecule has 158 valence electrons. The van der Waals surface area contributed by atoms with Crippen molar-refractivity contribution in [3.63, 3.8) is 0 Å². The van der Waals surface area contributed by atoms with Crippen LogP contribution in [-0.4, -0.2) is 43.6 Å². The van der Waals surface area contributed by atoms with E-state index in [1.54, 1.807) is 28.4 Å². The lowest BCUT2D eigenvalue weighted by Crippen LogP contribution is -2.12. The van der Waals surface area contributed by atoms with Gasteiger partial charge in [0, 0.05) is 28.9 Å². The van der Waals surface area contributed by atoms with Crippen LogP contribution in [0.25, 0.3) is 28.2 Å². The third kappa shape index (κ3) is 3.52. The zero-order chi connectivity index (χ0) is 22.1. The molecule has 2 N–H and O–H groups in total. The van der Waals surface area contributed by atoms with Crippen LogP contribution in [0.15, 0.2) is 66.4 Å². The summed E-state index contributed by atoms with van der Waals surface area (Å²) in [5.41, 5.74) is 4.27. The Kier molecular flexibility index (Phi) is 4.96. The van der Waals surface area contributed by atoms with Crippen molar-refractivity contribution in [3.8, 4) is 22.5 Å². The first-order valence-electron chi connectivity index (χ1n) is 9.56. The first kappa shape index (κ1) is 19.6. The van der Waals surface area contributed by atoms with Gasteiger partial charge in [0.05, 0.1) is 24.7 Å². The molecule has 0 saturated carbocycles. The molecule has 0 bridgehead atoms. The monoisotopic (exact) mass is 444 g/mol. The average Bonchev–Trinajstić information content (AvgIpc) is 3.58. The van der Waals surface area contributed by atoms with Crippen LogP contribution in [0.5, 0.6) is 0 Å². The largest absolute Gasteiger partial charge is 0.464 e. The SMILES string of the molecule is COC(=O)c1cc(-c2csc(NC(=O)c3cnn4c(-c5ccccc5)ccnc34)n2)c[nH]1. The van der Waals surface area contributed by atoms with Gasteiger partial charge in [-0.2, -0.15) is 5.10 Å². The van der Waals surface area contributed by atoms with Crippen molar-refractivity contribution in [1.82, 2.24) is 24.6 Å². The highest BCUT2D eigenvalue weighted by molar-refractivity contribution is 7.14. The summed E-state index contributed by atoms with van der Waals surface area (Å²) in [6.07, 6.45) is 4.81. The van der Waals surface area contributed by atoms with Crippen molar-refractivity contribution in [1.29, 1.82) is 0 Å². The lowest BCUT2D eigenvalue weighted by atomic mass is 10.1. The number of hydrogen-bond donors (Lipinski definition) is 2. The minimum Gasteiger partial charge on any atom is -0.464 e. The second-order valence-electron chi connectivity index (χ2n) is 6.78. The fourth-order valence-electron chi connectivity index (χ4n) is 3.28. The van der Waals surface area contributed by atoms with Gasteiger partial charge in [-0.3, -0.25) is 10.1 Å². The van der Waals surface area contributed by atoms with Gasteiger partial charge in [-0.25, -0.2) is 19.3 Å². The number of ether oxygens (including phenoxy) is 1. The van der Waals surface area contributed by atoms with Crippen molar-refractivity contribution in [2.45, 2.75) is 0 Å². The van der Waals surface area contributed by atoms with E-state index in [2.05, 4.69) is 25.4 Å². The molecule has 0 fully saturated rings. The van der Waals surface area contributed by atoms with Gasteiger partial charge in [0.1, 0.15) is 11.3 Å². The fourth-order valence-corrected chi connectivity index (χ4v) is 3.99. The number of nitrogens with zero attached hydrogens (tertiary/aromatic N) is 4. The van der Waals surface area contributed by atoms with E-state index in [-0.39, 0.29) is 5.91 Å². The number of esters is 1. The Bertz CT molecular complexity index is 1440. The van der Waals surface area contributed by atoms with Gasteiger partial charge >= 0.3 is 5.97 Å². The third-order valence-corrected chi connectivity index (χ3v) is 5.58. The molecule has 0 atom stereocenters. The molecule has 0 spiro atoms. The van der Waals surface area contributed by atoms with Crippen LogP contribution in [0.2, 0.25) is 0 Å². The lowest BCUT2D eigenvalue weighted by Gasteiger charge is -2.05. The molecule has 0 saturated heterocycles. The van der Waals surface area contributed by atoms with Crippen LogP contribution < -0.4 is 5.32 Å². The highest BCUT2D eigenvalue weighted by atomic mass is 32.1. The number of aromatic amines is 1. The smallest absolute Gasteiger partial charge is 0.354 e. The van der Waals surface area contributed by atoms with Gasteiger partial charge in [-0.15, -0.1) is 11.3 Å². The second-order valence-corrected chi connectivity index (χ2v) is 7.63. The molecule has 5 rings (SSSR count). The third-order valence-electron chi connectivity index (χ3n) is 4.82. The standard InChI is InChI=1S/C22H16N6O3S/c1-31-21(30)16-9-14(10-24-16)17-12-32-22(26-17)27-20(29)15-11-25-28-18(7-8-23-19(15)28)13-5-3-2-4-6-13/h2-12,24H,1H3,(H,26,27,29). The van der Waals surface area contributed by atoms with Crippen LogP contribution in [0.3, 0.4) is 0 Å². The van der Waals surface area contributed by atoms with E-state index < -0.39 is 5.97 Å². The Morgan fingerprint density at radius 2 is 2.00 bits per heavy atom. The Morgan fingerprint density at radius 1 is 1.16 bits per heavy atom. The zero-order valence-electron chi connectivity index (χ0n) is 16.8. The van der Waals surface area contributed by atoms with Crippen molar-refractivity contribution in [3.05, 3.63) is 77.7 Å². The van der Waals surface area contributed by atoms with Crippen molar-refractivity contribution >= 4 is 34.0 Å². The van der Waals surface area contributed by atoms with Gasteiger partial charge in [-0.1, -0.05) is 30.3 Å². The number of anilines is 1. The number of carbonyl (C=O) groups is 2. The number of thiazole rings is 1. The molecule has 5 aromatic rings. The van der Waals surface area contributed by atoms with E-state index in [4.69, 9.17) is 4.74 Å². The molecule has 1 aromatic carbocycles. The molecule has 0 aliphatic heterocycles. The highest BCUT2D eigenvalue weighted by Gasteiger charge is 2.18. The molecule has 0 aliphatic carbocycles. The summed E-state index contributed by atoms with van der Waals surface area (Å²) in [4.78, 5) is 36.2. The zero-order valence-corrected chi connectivity index (χ0v) is 17.6. The van der Waals surface area contributed by atoms with E-state index in [9.17, 15) is 9.59 Å². The summed E-state index contributed by atoms with van der Waals surface area (Å²) >= 11 is 1.28. The maximum absolute atomic E-state index is 12.9. The number of H-pyrrole nitrogens is 1. The minimum absolute atomic E-state index is 0.327. The molecule has 10 heteroatoms. The number of hydrogen-bond acceptors (Lipinski definition) is 7. The molecule has 4 heterocycles. The summed E-state index contributed by atoms with van der Waals surface area (Å²) in [7, 11) is 1.32. The van der Waals surface area contributed by atoms with Gasteiger partial charge in [-0.05, 0) is 12.1 Å². The highest BCUT2D eigenvalue weighted by Crippen LogP contribution is 2.27. The summed E-state index contributed by atoms with van der Waals surface area (Å²) in [6, 6.07) is 13.3. The van der Waals surface area contributed by atoms with Crippen LogP contribution in [0, 0.1) is 0 Å². The number of amides is 1. The number of carbonyl (C=O) groups excluding carboxylic acids is 2. The van der Waals surface area contributed by atoms with Gasteiger partial charge in [0.15, 0.2) is 10.8 Å². The first-order chi connectivity index (χ1) is 15.6. The quantitative estimate of drug-likeness (QED) is 0.398. The Hall–Kier alpha value is -4.31. The number of methoxy groups -OCH3 is 1. The van der Waals surface area contributed by atoms with Crippen molar-refractivity contribution in [2.75, 3.05) is 12.4 Å². The predicted molar refractivity (Wildman–Crippen MR) is 120 cm³/mol. The number of benzene rings is 1. The van der Waals surface area contributed by atoms with E-state index in [0.717, 1.165) is 11.3 Å². The topological polar surface area (TPSA) is 114 Å². The van der Waals surface area contributed by atoms with Crippen molar-refractivity contribution in [2.24, 2.45) is 0 Å². The molecular weight excluding hydrogens is 428 g/mol. The second kappa shape index (κ2) is 8.08. The van der Waals surface area contributed by atoms with E-state index in [1.165, 1.54) is 24.6 Å². The number of rotatable bonds is 5. The van der Waals surface area contributed by atoms with Crippen LogP contribution in [0.4, 0.5) is 5.13 Å². The van der Waals surface area contributed by atoms with Gasteiger partial charge < -0.3 is 9.72 Å². The molecule has 1 amide bonds. The molecule has 32 heavy (non-hydrogen) atoms.